The molecule has 0 unspecified atom stereocenters. The predicted octanol–water partition coefficient (Wildman–Crippen LogP) is 6.53. The number of furan rings is 1. The first-order valence-corrected chi connectivity index (χ1v) is 9.40. The fraction of sp³-hybridized carbons (Fsp3) is 0. The zero-order chi connectivity index (χ0) is 16.8. The molecule has 25 heavy (non-hydrogen) atoms. The van der Waals surface area contributed by atoms with Gasteiger partial charge in [0.25, 0.3) is 0 Å². The minimum absolute atomic E-state index is 0.863. The van der Waals surface area contributed by atoms with Gasteiger partial charge in [-0.25, -0.2) is 0 Å². The lowest BCUT2D eigenvalue weighted by Crippen LogP contribution is -1.77. The Morgan fingerprint density at radius 1 is 0.720 bits per heavy atom. The van der Waals surface area contributed by atoms with Crippen molar-refractivity contribution in [1.82, 2.24) is 10.2 Å². The van der Waals surface area contributed by atoms with E-state index in [9.17, 15) is 0 Å². The van der Waals surface area contributed by atoms with Crippen molar-refractivity contribution in [3.8, 4) is 21.1 Å². The van der Waals surface area contributed by atoms with Crippen molar-refractivity contribution in [1.29, 1.82) is 0 Å². The van der Waals surface area contributed by atoms with E-state index < -0.39 is 0 Å². The first kappa shape index (κ1) is 14.8. The van der Waals surface area contributed by atoms with Crippen molar-refractivity contribution in [2.24, 2.45) is 0 Å². The van der Waals surface area contributed by atoms with Crippen molar-refractivity contribution in [2.45, 2.75) is 0 Å². The van der Waals surface area contributed by atoms with E-state index in [2.05, 4.69) is 44.3 Å². The Kier molecular flexibility index (Phi) is 3.43. The zero-order valence-corrected chi connectivity index (χ0v) is 15.3. The summed E-state index contributed by atoms with van der Waals surface area (Å²) in [6.45, 7) is 0. The van der Waals surface area contributed by atoms with E-state index in [-0.39, 0.29) is 0 Å². The molecule has 0 radical (unpaired) electrons. The molecule has 0 atom stereocenters. The quantitative estimate of drug-likeness (QED) is 0.334. The highest BCUT2D eigenvalue weighted by Gasteiger charge is 2.12. The van der Waals surface area contributed by atoms with Gasteiger partial charge in [0.2, 0.25) is 0 Å². The minimum Gasteiger partial charge on any atom is -0.456 e. The monoisotopic (exact) mass is 406 g/mol. The Hall–Kier alpha value is -2.50. The highest BCUT2D eigenvalue weighted by Crippen LogP contribution is 2.35. The Labute approximate surface area is 156 Å². The first-order valence-electron chi connectivity index (χ1n) is 7.79. The molecule has 120 valence electrons. The molecule has 3 nitrogen and oxygen atoms in total. The molecule has 0 aliphatic carbocycles. The van der Waals surface area contributed by atoms with E-state index >= 15 is 0 Å². The molecule has 0 saturated heterocycles. The highest BCUT2D eigenvalue weighted by atomic mass is 79.9. The van der Waals surface area contributed by atoms with Gasteiger partial charge in [-0.2, -0.15) is 0 Å². The summed E-state index contributed by atoms with van der Waals surface area (Å²) >= 11 is 5.07. The van der Waals surface area contributed by atoms with Crippen LogP contribution in [0.4, 0.5) is 0 Å². The Morgan fingerprint density at radius 3 is 2.20 bits per heavy atom. The summed E-state index contributed by atoms with van der Waals surface area (Å²) in [7, 11) is 0. The molecule has 2 heterocycles. The van der Waals surface area contributed by atoms with Gasteiger partial charge in [0.15, 0.2) is 0 Å². The predicted molar refractivity (Wildman–Crippen MR) is 106 cm³/mol. The second-order valence-corrected chi connectivity index (χ2v) is 7.63. The SMILES string of the molecule is Brc1ccc2c(c1)oc1cc(-c3nnc(-c4ccccc4)s3)ccc12. The van der Waals surface area contributed by atoms with Crippen LogP contribution in [0.3, 0.4) is 0 Å². The van der Waals surface area contributed by atoms with Crippen LogP contribution in [0.1, 0.15) is 0 Å². The fourth-order valence-electron chi connectivity index (χ4n) is 2.92. The second kappa shape index (κ2) is 5.79. The van der Waals surface area contributed by atoms with Gasteiger partial charge >= 0.3 is 0 Å². The van der Waals surface area contributed by atoms with Crippen molar-refractivity contribution in [2.75, 3.05) is 0 Å². The number of benzene rings is 3. The molecule has 0 N–H and O–H groups in total. The zero-order valence-electron chi connectivity index (χ0n) is 12.9. The van der Waals surface area contributed by atoms with Gasteiger partial charge in [-0.3, -0.25) is 0 Å². The third-order valence-electron chi connectivity index (χ3n) is 4.13. The molecular formula is C20H11BrN2OS. The molecule has 5 rings (SSSR count). The van der Waals surface area contributed by atoms with Crippen LogP contribution in [0.15, 0.2) is 75.6 Å². The molecule has 0 saturated carbocycles. The molecule has 2 aromatic heterocycles. The van der Waals surface area contributed by atoms with Crippen LogP contribution in [0.5, 0.6) is 0 Å². The van der Waals surface area contributed by atoms with Gasteiger partial charge in [-0.05, 0) is 30.3 Å². The maximum Gasteiger partial charge on any atom is 0.148 e. The van der Waals surface area contributed by atoms with Crippen LogP contribution in [0.25, 0.3) is 43.1 Å². The van der Waals surface area contributed by atoms with E-state index in [0.29, 0.717) is 0 Å². The van der Waals surface area contributed by atoms with Gasteiger partial charge < -0.3 is 4.42 Å². The third kappa shape index (κ3) is 2.56. The molecule has 0 aliphatic heterocycles. The lowest BCUT2D eigenvalue weighted by atomic mass is 10.1. The lowest BCUT2D eigenvalue weighted by molar-refractivity contribution is 0.669. The van der Waals surface area contributed by atoms with E-state index in [4.69, 9.17) is 4.42 Å². The average molecular weight is 407 g/mol. The average Bonchev–Trinajstić information content (AvgIpc) is 3.26. The van der Waals surface area contributed by atoms with Crippen LogP contribution >= 0.6 is 27.3 Å². The standard InChI is InChI=1S/C20H11BrN2OS/c21-14-7-9-16-15-8-6-13(10-17(15)24-18(16)11-14)20-23-22-19(25-20)12-4-2-1-3-5-12/h1-11H. The number of halogens is 1. The molecule has 0 amide bonds. The van der Waals surface area contributed by atoms with E-state index in [1.807, 2.05) is 48.5 Å². The molecule has 5 heteroatoms. The van der Waals surface area contributed by atoms with E-state index in [1.54, 1.807) is 11.3 Å². The Morgan fingerprint density at radius 2 is 1.40 bits per heavy atom. The topological polar surface area (TPSA) is 38.9 Å². The smallest absolute Gasteiger partial charge is 0.148 e. The lowest BCUT2D eigenvalue weighted by Gasteiger charge is -1.95. The number of rotatable bonds is 2. The fourth-order valence-corrected chi connectivity index (χ4v) is 4.11. The van der Waals surface area contributed by atoms with Crippen molar-refractivity contribution in [3.63, 3.8) is 0 Å². The number of hydrogen-bond donors (Lipinski definition) is 0. The summed E-state index contributed by atoms with van der Waals surface area (Å²) in [6, 6.07) is 22.4. The van der Waals surface area contributed by atoms with Crippen LogP contribution in [0.2, 0.25) is 0 Å². The van der Waals surface area contributed by atoms with Gasteiger partial charge in [0.1, 0.15) is 21.2 Å². The summed E-state index contributed by atoms with van der Waals surface area (Å²) in [5.41, 5.74) is 3.84. The molecular weight excluding hydrogens is 396 g/mol. The van der Waals surface area contributed by atoms with Crippen LogP contribution in [-0.2, 0) is 0 Å². The van der Waals surface area contributed by atoms with E-state index in [1.165, 1.54) is 0 Å². The van der Waals surface area contributed by atoms with Crippen molar-refractivity contribution < 1.29 is 4.42 Å². The molecule has 3 aromatic carbocycles. The van der Waals surface area contributed by atoms with Crippen molar-refractivity contribution >= 4 is 49.2 Å². The van der Waals surface area contributed by atoms with Gasteiger partial charge in [-0.15, -0.1) is 10.2 Å². The van der Waals surface area contributed by atoms with Crippen LogP contribution in [-0.4, -0.2) is 10.2 Å². The van der Waals surface area contributed by atoms with E-state index in [0.717, 1.165) is 47.6 Å². The molecule has 0 fully saturated rings. The van der Waals surface area contributed by atoms with Gasteiger partial charge in [0.05, 0.1) is 0 Å². The van der Waals surface area contributed by atoms with Crippen molar-refractivity contribution in [3.05, 3.63) is 71.2 Å². The Bertz CT molecular complexity index is 1210. The van der Waals surface area contributed by atoms with Crippen LogP contribution in [0, 0.1) is 0 Å². The maximum atomic E-state index is 6.01. The van der Waals surface area contributed by atoms with Gasteiger partial charge in [-0.1, -0.05) is 63.7 Å². The Balaban J connectivity index is 1.61. The summed E-state index contributed by atoms with van der Waals surface area (Å²) in [6.07, 6.45) is 0. The number of hydrogen-bond acceptors (Lipinski definition) is 4. The third-order valence-corrected chi connectivity index (χ3v) is 5.64. The molecule has 0 aliphatic rings. The number of nitrogens with zero attached hydrogens (tertiary/aromatic N) is 2. The second-order valence-electron chi connectivity index (χ2n) is 5.73. The first-order chi connectivity index (χ1) is 12.3. The maximum absolute atomic E-state index is 6.01. The van der Waals surface area contributed by atoms with Gasteiger partial charge in [0, 0.05) is 26.4 Å². The summed E-state index contributed by atoms with van der Waals surface area (Å²) in [4.78, 5) is 0. The summed E-state index contributed by atoms with van der Waals surface area (Å²) in [5.74, 6) is 0. The number of aromatic nitrogens is 2. The highest BCUT2D eigenvalue weighted by molar-refractivity contribution is 9.10. The largest absolute Gasteiger partial charge is 0.456 e. The van der Waals surface area contributed by atoms with Crippen LogP contribution < -0.4 is 0 Å². The minimum atomic E-state index is 0.863. The normalized spacial score (nSPS) is 11.4. The molecule has 0 bridgehead atoms. The molecule has 0 spiro atoms. The summed E-state index contributed by atoms with van der Waals surface area (Å²) in [5, 5.41) is 12.7. The molecule has 5 aromatic rings. The summed E-state index contributed by atoms with van der Waals surface area (Å²) < 4.78 is 7.02. The number of fused-ring (bicyclic) bond motifs is 3.